The lowest BCUT2D eigenvalue weighted by Crippen LogP contribution is -2.63. The van der Waals surface area contributed by atoms with E-state index in [1.165, 1.54) is 0 Å². The topological polar surface area (TPSA) is 65.9 Å². The zero-order valence-electron chi connectivity index (χ0n) is 14.7. The van der Waals surface area contributed by atoms with Gasteiger partial charge in [-0.25, -0.2) is 4.79 Å². The van der Waals surface area contributed by atoms with E-state index < -0.39 is 11.7 Å². The van der Waals surface area contributed by atoms with Crippen molar-refractivity contribution in [1.29, 1.82) is 0 Å². The van der Waals surface area contributed by atoms with Gasteiger partial charge >= 0.3 is 5.97 Å². The highest BCUT2D eigenvalue weighted by atomic mass is 35.5. The number of ether oxygens (including phenoxy) is 1. The van der Waals surface area contributed by atoms with Gasteiger partial charge in [-0.05, 0) is 24.3 Å². The second kappa shape index (κ2) is 8.87. The monoisotopic (exact) mass is 377 g/mol. The van der Waals surface area contributed by atoms with Gasteiger partial charge in [-0.1, -0.05) is 25.1 Å². The standard InChI is InChI=1S/C19H23N3O3.ClH/c1-2-19(18(23)24,25-17-6-4-3-5-7-17)22-14-12-21(13-15-22)16-8-10-20-11-9-16;/h3-11H,2,12-15H2,1H3,(H,23,24);1H. The van der Waals surface area contributed by atoms with Crippen LogP contribution in [0.15, 0.2) is 54.9 Å². The Balaban J connectivity index is 0.00000243. The fourth-order valence-corrected chi connectivity index (χ4v) is 3.25. The molecule has 1 fully saturated rings. The number of benzene rings is 1. The number of hydrogen-bond acceptors (Lipinski definition) is 5. The molecule has 1 saturated heterocycles. The molecule has 1 aliphatic rings. The summed E-state index contributed by atoms with van der Waals surface area (Å²) in [5.41, 5.74) is -0.234. The molecule has 1 aromatic carbocycles. The van der Waals surface area contributed by atoms with Crippen LogP contribution in [0.4, 0.5) is 5.69 Å². The number of nitrogens with zero attached hydrogens (tertiary/aromatic N) is 3. The van der Waals surface area contributed by atoms with Crippen LogP contribution in [-0.2, 0) is 4.79 Å². The minimum Gasteiger partial charge on any atom is -0.477 e. The van der Waals surface area contributed by atoms with Gasteiger partial charge in [0.25, 0.3) is 5.72 Å². The number of para-hydroxylation sites is 1. The lowest BCUT2D eigenvalue weighted by Gasteiger charge is -2.44. The maximum absolute atomic E-state index is 12.1. The van der Waals surface area contributed by atoms with Gasteiger partial charge in [0.05, 0.1) is 0 Å². The average molecular weight is 378 g/mol. The van der Waals surface area contributed by atoms with E-state index in [1.54, 1.807) is 24.5 Å². The summed E-state index contributed by atoms with van der Waals surface area (Å²) in [6, 6.07) is 13.1. The molecule has 3 rings (SSSR count). The van der Waals surface area contributed by atoms with Crippen LogP contribution in [0.3, 0.4) is 0 Å². The van der Waals surface area contributed by atoms with E-state index in [0.717, 1.165) is 18.8 Å². The Hall–Kier alpha value is -2.31. The zero-order chi connectivity index (χ0) is 17.7. The molecule has 0 bridgehead atoms. The first-order valence-corrected chi connectivity index (χ1v) is 8.53. The first-order chi connectivity index (χ1) is 12.2. The molecule has 0 saturated carbocycles. The molecule has 1 unspecified atom stereocenters. The summed E-state index contributed by atoms with van der Waals surface area (Å²) in [6.45, 7) is 4.59. The Kier molecular flexibility index (Phi) is 6.83. The second-order valence-corrected chi connectivity index (χ2v) is 6.04. The summed E-state index contributed by atoms with van der Waals surface area (Å²) in [5.74, 6) is -0.375. The zero-order valence-corrected chi connectivity index (χ0v) is 15.6. The molecule has 1 atom stereocenters. The van der Waals surface area contributed by atoms with Crippen molar-refractivity contribution in [3.05, 3.63) is 54.9 Å². The molecule has 0 amide bonds. The fourth-order valence-electron chi connectivity index (χ4n) is 3.25. The van der Waals surface area contributed by atoms with Crippen LogP contribution < -0.4 is 9.64 Å². The maximum atomic E-state index is 12.1. The van der Waals surface area contributed by atoms with E-state index in [0.29, 0.717) is 25.3 Å². The van der Waals surface area contributed by atoms with Gasteiger partial charge in [-0.3, -0.25) is 9.88 Å². The van der Waals surface area contributed by atoms with Crippen LogP contribution in [0.2, 0.25) is 0 Å². The Morgan fingerprint density at radius 2 is 1.73 bits per heavy atom. The number of halogens is 1. The van der Waals surface area contributed by atoms with Crippen LogP contribution in [-0.4, -0.2) is 52.9 Å². The molecule has 6 nitrogen and oxygen atoms in total. The van der Waals surface area contributed by atoms with Crippen molar-refractivity contribution in [3.63, 3.8) is 0 Å². The van der Waals surface area contributed by atoms with Crippen LogP contribution in [0.5, 0.6) is 5.75 Å². The molecule has 140 valence electrons. The van der Waals surface area contributed by atoms with Crippen molar-refractivity contribution in [3.8, 4) is 5.75 Å². The number of carbonyl (C=O) groups is 1. The van der Waals surface area contributed by atoms with Crippen molar-refractivity contribution in [2.75, 3.05) is 31.1 Å². The van der Waals surface area contributed by atoms with Gasteiger partial charge in [0.1, 0.15) is 5.75 Å². The molecule has 26 heavy (non-hydrogen) atoms. The van der Waals surface area contributed by atoms with Crippen molar-refractivity contribution >= 4 is 24.1 Å². The number of pyridine rings is 1. The molecule has 1 N–H and O–H groups in total. The minimum absolute atomic E-state index is 0. The summed E-state index contributed by atoms with van der Waals surface area (Å²) in [7, 11) is 0. The van der Waals surface area contributed by atoms with Crippen LogP contribution in [0.1, 0.15) is 13.3 Å². The van der Waals surface area contributed by atoms with Crippen LogP contribution in [0, 0.1) is 0 Å². The van der Waals surface area contributed by atoms with E-state index in [4.69, 9.17) is 4.74 Å². The number of carboxylic acid groups (broad SMARTS) is 1. The van der Waals surface area contributed by atoms with E-state index in [9.17, 15) is 9.90 Å². The lowest BCUT2D eigenvalue weighted by molar-refractivity contribution is -0.177. The Bertz CT molecular complexity index is 694. The number of hydrogen-bond donors (Lipinski definition) is 1. The largest absolute Gasteiger partial charge is 0.477 e. The fraction of sp³-hybridized carbons (Fsp3) is 0.368. The Morgan fingerprint density at radius 1 is 1.12 bits per heavy atom. The van der Waals surface area contributed by atoms with Gasteiger partial charge in [0, 0.05) is 50.7 Å². The van der Waals surface area contributed by atoms with Gasteiger partial charge in [0.15, 0.2) is 0 Å². The highest BCUT2D eigenvalue weighted by Gasteiger charge is 2.46. The van der Waals surface area contributed by atoms with Gasteiger partial charge in [0.2, 0.25) is 0 Å². The van der Waals surface area contributed by atoms with Crippen molar-refractivity contribution in [1.82, 2.24) is 9.88 Å². The summed E-state index contributed by atoms with van der Waals surface area (Å²) in [4.78, 5) is 20.3. The van der Waals surface area contributed by atoms with E-state index in [2.05, 4.69) is 9.88 Å². The first-order valence-electron chi connectivity index (χ1n) is 8.53. The molecular formula is C19H24ClN3O3. The van der Waals surface area contributed by atoms with E-state index in [1.807, 2.05) is 42.2 Å². The predicted molar refractivity (Wildman–Crippen MR) is 103 cm³/mol. The highest BCUT2D eigenvalue weighted by Crippen LogP contribution is 2.28. The van der Waals surface area contributed by atoms with Crippen molar-refractivity contribution < 1.29 is 14.6 Å². The Labute approximate surface area is 159 Å². The van der Waals surface area contributed by atoms with E-state index >= 15 is 0 Å². The number of carboxylic acids is 1. The first kappa shape index (κ1) is 20.0. The van der Waals surface area contributed by atoms with Crippen LogP contribution in [0.25, 0.3) is 0 Å². The lowest BCUT2D eigenvalue weighted by atomic mass is 10.1. The summed E-state index contributed by atoms with van der Waals surface area (Å²) in [6.07, 6.45) is 3.91. The average Bonchev–Trinajstić information content (AvgIpc) is 2.67. The number of piperazine rings is 1. The minimum atomic E-state index is -1.34. The number of aliphatic carboxylic acids is 1. The van der Waals surface area contributed by atoms with Crippen molar-refractivity contribution in [2.45, 2.75) is 19.1 Å². The number of rotatable bonds is 6. The summed E-state index contributed by atoms with van der Waals surface area (Å²) in [5, 5.41) is 9.93. The third-order valence-corrected chi connectivity index (χ3v) is 4.66. The predicted octanol–water partition coefficient (Wildman–Crippen LogP) is 2.90. The second-order valence-electron chi connectivity index (χ2n) is 6.04. The summed E-state index contributed by atoms with van der Waals surface area (Å²) >= 11 is 0. The third kappa shape index (κ3) is 4.08. The molecule has 1 aliphatic heterocycles. The molecule has 2 heterocycles. The number of aromatic nitrogens is 1. The normalized spacial score (nSPS) is 17.0. The van der Waals surface area contributed by atoms with Crippen LogP contribution >= 0.6 is 12.4 Å². The molecule has 2 aromatic rings. The van der Waals surface area contributed by atoms with Crippen molar-refractivity contribution in [2.24, 2.45) is 0 Å². The van der Waals surface area contributed by atoms with Gasteiger partial charge < -0.3 is 14.7 Å². The van der Waals surface area contributed by atoms with E-state index in [-0.39, 0.29) is 12.4 Å². The molecule has 0 aliphatic carbocycles. The SMILES string of the molecule is CCC(Oc1ccccc1)(C(=O)O)N1CCN(c2ccncc2)CC1.Cl. The molecule has 7 heteroatoms. The molecule has 0 radical (unpaired) electrons. The maximum Gasteiger partial charge on any atom is 0.364 e. The third-order valence-electron chi connectivity index (χ3n) is 4.66. The molecule has 1 aromatic heterocycles. The highest BCUT2D eigenvalue weighted by molar-refractivity contribution is 5.85. The van der Waals surface area contributed by atoms with Gasteiger partial charge in [-0.15, -0.1) is 12.4 Å². The summed E-state index contributed by atoms with van der Waals surface area (Å²) < 4.78 is 5.99. The number of anilines is 1. The Morgan fingerprint density at radius 3 is 2.27 bits per heavy atom. The molecular weight excluding hydrogens is 354 g/mol. The molecule has 0 spiro atoms. The quantitative estimate of drug-likeness (QED) is 0.835. The smallest absolute Gasteiger partial charge is 0.364 e. The van der Waals surface area contributed by atoms with Gasteiger partial charge in [-0.2, -0.15) is 0 Å².